The number of hydrogen-bond donors (Lipinski definition) is 1. The van der Waals surface area contributed by atoms with E-state index in [0.29, 0.717) is 0 Å². The van der Waals surface area contributed by atoms with Gasteiger partial charge in [0, 0.05) is 5.56 Å². The highest BCUT2D eigenvalue weighted by Gasteiger charge is 2.05. The van der Waals surface area contributed by atoms with Crippen molar-refractivity contribution in [2.75, 3.05) is 0 Å². The minimum absolute atomic E-state index is 0.741. The molecule has 0 saturated heterocycles. The van der Waals surface area contributed by atoms with Gasteiger partial charge in [-0.3, -0.25) is 5.10 Å². The highest BCUT2D eigenvalue weighted by Crippen LogP contribution is 2.24. The molecule has 0 amide bonds. The van der Waals surface area contributed by atoms with Crippen LogP contribution in [0.2, 0.25) is 0 Å². The Balaban J connectivity index is 2.05. The third kappa shape index (κ3) is 2.02. The van der Waals surface area contributed by atoms with Crippen LogP contribution in [0, 0.1) is 6.92 Å². The van der Waals surface area contributed by atoms with Gasteiger partial charge >= 0.3 is 0 Å². The molecule has 0 atom stereocenters. The Morgan fingerprint density at radius 2 is 1.56 bits per heavy atom. The fourth-order valence-corrected chi connectivity index (χ4v) is 1.94. The van der Waals surface area contributed by atoms with Crippen LogP contribution in [0.3, 0.4) is 0 Å². The molecule has 1 aromatic heterocycles. The van der Waals surface area contributed by atoms with Crippen molar-refractivity contribution in [3.05, 3.63) is 60.4 Å². The van der Waals surface area contributed by atoms with Gasteiger partial charge in [-0.1, -0.05) is 48.5 Å². The molecule has 0 aliphatic carbocycles. The summed E-state index contributed by atoms with van der Waals surface area (Å²) in [7, 11) is 0. The molecule has 0 bridgehead atoms. The molecule has 0 fully saturated rings. The van der Waals surface area contributed by atoms with Gasteiger partial charge < -0.3 is 0 Å². The van der Waals surface area contributed by atoms with E-state index in [2.05, 4.69) is 39.4 Å². The molecule has 3 heteroatoms. The molecule has 3 nitrogen and oxygen atoms in total. The monoisotopic (exact) mass is 235 g/mol. The summed E-state index contributed by atoms with van der Waals surface area (Å²) < 4.78 is 0. The van der Waals surface area contributed by atoms with E-state index in [1.165, 1.54) is 11.1 Å². The number of benzene rings is 2. The maximum atomic E-state index is 4.35. The van der Waals surface area contributed by atoms with Crippen LogP contribution in [0.5, 0.6) is 0 Å². The summed E-state index contributed by atoms with van der Waals surface area (Å²) >= 11 is 0. The van der Waals surface area contributed by atoms with Crippen LogP contribution in [0.15, 0.2) is 54.6 Å². The highest BCUT2D eigenvalue weighted by atomic mass is 15.2. The molecule has 88 valence electrons. The Morgan fingerprint density at radius 3 is 2.28 bits per heavy atom. The minimum atomic E-state index is 0.741. The average molecular weight is 235 g/mol. The molecular formula is C15H13N3. The number of H-pyrrole nitrogens is 1. The number of aromatic nitrogens is 3. The normalized spacial score (nSPS) is 10.5. The Morgan fingerprint density at radius 1 is 0.833 bits per heavy atom. The maximum Gasteiger partial charge on any atom is 0.181 e. The first-order valence-corrected chi connectivity index (χ1v) is 5.88. The van der Waals surface area contributed by atoms with Gasteiger partial charge in [0.05, 0.1) is 0 Å². The van der Waals surface area contributed by atoms with Crippen LogP contribution in [-0.4, -0.2) is 15.2 Å². The zero-order valence-corrected chi connectivity index (χ0v) is 10.1. The zero-order valence-electron chi connectivity index (χ0n) is 10.1. The average Bonchev–Trinajstić information content (AvgIpc) is 2.87. The summed E-state index contributed by atoms with van der Waals surface area (Å²) in [4.78, 5) is 4.35. The quantitative estimate of drug-likeness (QED) is 0.739. The minimum Gasteiger partial charge on any atom is -0.263 e. The Labute approximate surface area is 106 Å². The molecule has 0 aliphatic rings. The van der Waals surface area contributed by atoms with E-state index in [-0.39, 0.29) is 0 Å². The topological polar surface area (TPSA) is 41.6 Å². The summed E-state index contributed by atoms with van der Waals surface area (Å²) in [5, 5.41) is 7.05. The van der Waals surface area contributed by atoms with Crippen LogP contribution in [0.4, 0.5) is 0 Å². The van der Waals surface area contributed by atoms with Crippen molar-refractivity contribution >= 4 is 0 Å². The van der Waals surface area contributed by atoms with Crippen molar-refractivity contribution in [2.45, 2.75) is 6.92 Å². The van der Waals surface area contributed by atoms with Gasteiger partial charge in [0.25, 0.3) is 0 Å². The lowest BCUT2D eigenvalue weighted by Crippen LogP contribution is -1.83. The van der Waals surface area contributed by atoms with Gasteiger partial charge in [-0.2, -0.15) is 5.10 Å². The predicted molar refractivity (Wildman–Crippen MR) is 72.0 cm³/mol. The smallest absolute Gasteiger partial charge is 0.181 e. The van der Waals surface area contributed by atoms with Crippen molar-refractivity contribution in [3.8, 4) is 22.5 Å². The predicted octanol–water partition coefficient (Wildman–Crippen LogP) is 3.45. The van der Waals surface area contributed by atoms with Gasteiger partial charge in [-0.15, -0.1) is 0 Å². The van der Waals surface area contributed by atoms with Crippen LogP contribution in [-0.2, 0) is 0 Å². The molecule has 0 saturated carbocycles. The van der Waals surface area contributed by atoms with Gasteiger partial charge in [0.15, 0.2) is 5.82 Å². The van der Waals surface area contributed by atoms with Gasteiger partial charge in [0.2, 0.25) is 0 Å². The largest absolute Gasteiger partial charge is 0.263 e. The molecule has 1 heterocycles. The molecule has 3 aromatic rings. The SMILES string of the molecule is Cc1nc(-c2cccc(-c3ccccc3)c2)n[nH]1. The van der Waals surface area contributed by atoms with Crippen LogP contribution in [0.1, 0.15) is 5.82 Å². The number of hydrogen-bond acceptors (Lipinski definition) is 2. The Hall–Kier alpha value is -2.42. The molecule has 1 N–H and O–H groups in total. The summed E-state index contributed by atoms with van der Waals surface area (Å²) in [6.07, 6.45) is 0. The van der Waals surface area contributed by atoms with Crippen molar-refractivity contribution < 1.29 is 0 Å². The fraction of sp³-hybridized carbons (Fsp3) is 0.0667. The number of nitrogens with one attached hydrogen (secondary N) is 1. The summed E-state index contributed by atoms with van der Waals surface area (Å²) in [5.41, 5.74) is 3.41. The van der Waals surface area contributed by atoms with E-state index in [0.717, 1.165) is 17.2 Å². The van der Waals surface area contributed by atoms with Gasteiger partial charge in [-0.25, -0.2) is 4.98 Å². The molecule has 3 rings (SSSR count). The maximum absolute atomic E-state index is 4.35. The first-order chi connectivity index (χ1) is 8.83. The molecule has 2 aromatic carbocycles. The lowest BCUT2D eigenvalue weighted by molar-refractivity contribution is 1.04. The number of nitrogens with zero attached hydrogens (tertiary/aromatic N) is 2. The van der Waals surface area contributed by atoms with E-state index < -0.39 is 0 Å². The third-order valence-electron chi connectivity index (χ3n) is 2.83. The first-order valence-electron chi connectivity index (χ1n) is 5.88. The van der Waals surface area contributed by atoms with Crippen molar-refractivity contribution in [1.82, 2.24) is 15.2 Å². The molecule has 0 spiro atoms. The summed E-state index contributed by atoms with van der Waals surface area (Å²) in [6.45, 7) is 1.90. The van der Waals surface area contributed by atoms with Crippen LogP contribution in [0.25, 0.3) is 22.5 Å². The summed E-state index contributed by atoms with van der Waals surface area (Å²) in [6, 6.07) is 18.6. The highest BCUT2D eigenvalue weighted by molar-refractivity contribution is 5.69. The molecule has 18 heavy (non-hydrogen) atoms. The Kier molecular flexibility index (Phi) is 2.65. The molecule has 0 aliphatic heterocycles. The lowest BCUT2D eigenvalue weighted by atomic mass is 10.0. The molecule has 0 unspecified atom stereocenters. The fourth-order valence-electron chi connectivity index (χ4n) is 1.94. The van der Waals surface area contributed by atoms with Gasteiger partial charge in [-0.05, 0) is 24.1 Å². The zero-order chi connectivity index (χ0) is 12.4. The van der Waals surface area contributed by atoms with Crippen LogP contribution >= 0.6 is 0 Å². The molecular weight excluding hydrogens is 222 g/mol. The Bertz CT molecular complexity index is 656. The van der Waals surface area contributed by atoms with E-state index >= 15 is 0 Å². The van der Waals surface area contributed by atoms with Gasteiger partial charge in [0.1, 0.15) is 5.82 Å². The second-order valence-electron chi connectivity index (χ2n) is 4.19. The molecule has 0 radical (unpaired) electrons. The number of rotatable bonds is 2. The lowest BCUT2D eigenvalue weighted by Gasteiger charge is -2.02. The third-order valence-corrected chi connectivity index (χ3v) is 2.83. The van der Waals surface area contributed by atoms with Crippen molar-refractivity contribution in [1.29, 1.82) is 0 Å². The number of aromatic amines is 1. The van der Waals surface area contributed by atoms with E-state index in [1.54, 1.807) is 0 Å². The first kappa shape index (κ1) is 10.7. The van der Waals surface area contributed by atoms with E-state index in [4.69, 9.17) is 0 Å². The van der Waals surface area contributed by atoms with Crippen molar-refractivity contribution in [2.24, 2.45) is 0 Å². The number of aryl methyl sites for hydroxylation is 1. The second-order valence-corrected chi connectivity index (χ2v) is 4.19. The van der Waals surface area contributed by atoms with E-state index in [9.17, 15) is 0 Å². The van der Waals surface area contributed by atoms with Crippen molar-refractivity contribution in [3.63, 3.8) is 0 Å². The standard InChI is InChI=1S/C15H13N3/c1-11-16-15(18-17-11)14-9-5-8-13(10-14)12-6-3-2-4-7-12/h2-10H,1H3,(H,16,17,18). The van der Waals surface area contributed by atoms with Crippen LogP contribution < -0.4 is 0 Å². The van der Waals surface area contributed by atoms with E-state index in [1.807, 2.05) is 37.3 Å². The summed E-state index contributed by atoms with van der Waals surface area (Å²) in [5.74, 6) is 1.57. The second kappa shape index (κ2) is 4.45.